The number of hydrogen-bond acceptors (Lipinski definition) is 7. The number of imidazole rings is 1. The van der Waals surface area contributed by atoms with Crippen LogP contribution in [0.5, 0.6) is 5.75 Å². The summed E-state index contributed by atoms with van der Waals surface area (Å²) in [5.41, 5.74) is 2.31. The van der Waals surface area contributed by atoms with Crippen molar-refractivity contribution in [2.24, 2.45) is 0 Å². The number of benzene rings is 2. The van der Waals surface area contributed by atoms with Crippen LogP contribution in [0.15, 0.2) is 58.9 Å². The van der Waals surface area contributed by atoms with Crippen LogP contribution in [0.4, 0.5) is 0 Å². The van der Waals surface area contributed by atoms with E-state index in [1.807, 2.05) is 18.2 Å². The Hall–Kier alpha value is -4.25. The van der Waals surface area contributed by atoms with Crippen LogP contribution in [0.2, 0.25) is 0 Å². The molecule has 2 aromatic heterocycles. The van der Waals surface area contributed by atoms with Crippen LogP contribution >= 0.6 is 0 Å². The fourth-order valence-corrected chi connectivity index (χ4v) is 2.96. The van der Waals surface area contributed by atoms with Crippen molar-refractivity contribution in [2.75, 3.05) is 6.61 Å². The molecule has 0 bridgehead atoms. The number of allylic oxidation sites excluding steroid dienone is 1. The maximum absolute atomic E-state index is 12.2. The van der Waals surface area contributed by atoms with E-state index in [1.165, 1.54) is 18.4 Å². The minimum atomic E-state index is -0.603. The first kappa shape index (κ1) is 18.1. The number of aromatic amines is 1. The quantitative estimate of drug-likeness (QED) is 0.270. The van der Waals surface area contributed by atoms with Gasteiger partial charge in [0.2, 0.25) is 0 Å². The summed E-state index contributed by atoms with van der Waals surface area (Å²) in [6.07, 6.45) is 1.33. The first-order chi connectivity index (χ1) is 14.0. The molecule has 2 aromatic carbocycles. The summed E-state index contributed by atoms with van der Waals surface area (Å²) in [6.45, 7) is -0.463. The third-order valence-corrected chi connectivity index (χ3v) is 4.37. The summed E-state index contributed by atoms with van der Waals surface area (Å²) in [4.78, 5) is 19.4. The van der Waals surface area contributed by atoms with E-state index in [-0.39, 0.29) is 23.6 Å². The smallest absolute Gasteiger partial charge is 0.310 e. The van der Waals surface area contributed by atoms with E-state index in [9.17, 15) is 20.3 Å². The van der Waals surface area contributed by atoms with Gasteiger partial charge in [-0.3, -0.25) is 4.79 Å². The highest BCUT2D eigenvalue weighted by Gasteiger charge is 2.16. The minimum absolute atomic E-state index is 0.0608. The number of para-hydroxylation sites is 2. The van der Waals surface area contributed by atoms with Gasteiger partial charge in [-0.05, 0) is 24.3 Å². The fourth-order valence-electron chi connectivity index (χ4n) is 2.96. The Bertz CT molecular complexity index is 1260. The third kappa shape index (κ3) is 3.61. The second-order valence-corrected chi connectivity index (χ2v) is 6.31. The maximum atomic E-state index is 12.2. The molecular weight excluding hydrogens is 374 g/mol. The van der Waals surface area contributed by atoms with Crippen molar-refractivity contribution in [2.45, 2.75) is 6.42 Å². The van der Waals surface area contributed by atoms with Gasteiger partial charge in [0.05, 0.1) is 23.7 Å². The molecule has 4 aromatic rings. The Morgan fingerprint density at radius 3 is 2.90 bits per heavy atom. The monoisotopic (exact) mass is 389 g/mol. The van der Waals surface area contributed by atoms with E-state index >= 15 is 0 Å². The standard InChI is InChI=1S/C21H15N3O5/c22-9-15(21-23-16-3-1-2-4-17(16)24-21)18(26)11-29-20(27)7-12-10-28-19-8-13(25)5-6-14(12)19/h1-6,8,10,25-26H,7,11H2,(H,23,24)/b18-15-. The predicted molar refractivity (Wildman–Crippen MR) is 104 cm³/mol. The van der Waals surface area contributed by atoms with Crippen molar-refractivity contribution in [3.8, 4) is 11.8 Å². The number of hydrogen-bond donors (Lipinski definition) is 3. The van der Waals surface area contributed by atoms with E-state index in [0.717, 1.165) is 5.52 Å². The third-order valence-electron chi connectivity index (χ3n) is 4.37. The zero-order valence-electron chi connectivity index (χ0n) is 15.0. The molecule has 0 radical (unpaired) electrons. The van der Waals surface area contributed by atoms with Crippen LogP contribution < -0.4 is 0 Å². The second kappa shape index (κ2) is 7.40. The molecule has 4 rings (SSSR count). The number of ether oxygens (including phenoxy) is 1. The predicted octanol–water partition coefficient (Wildman–Crippen LogP) is 3.59. The Kier molecular flexibility index (Phi) is 4.63. The van der Waals surface area contributed by atoms with Crippen molar-refractivity contribution >= 4 is 33.5 Å². The number of H-pyrrole nitrogens is 1. The lowest BCUT2D eigenvalue weighted by atomic mass is 10.1. The summed E-state index contributed by atoms with van der Waals surface area (Å²) in [5, 5.41) is 29.8. The van der Waals surface area contributed by atoms with Gasteiger partial charge in [0.1, 0.15) is 29.6 Å². The van der Waals surface area contributed by atoms with Crippen LogP contribution in [-0.2, 0) is 16.0 Å². The number of phenols is 1. The highest BCUT2D eigenvalue weighted by atomic mass is 16.5. The normalized spacial score (nSPS) is 12.0. The van der Waals surface area contributed by atoms with Gasteiger partial charge < -0.3 is 24.4 Å². The number of furan rings is 1. The van der Waals surface area contributed by atoms with Gasteiger partial charge in [-0.2, -0.15) is 5.26 Å². The molecule has 0 unspecified atom stereocenters. The highest BCUT2D eigenvalue weighted by Crippen LogP contribution is 2.25. The number of carbonyl (C=O) groups excluding carboxylic acids is 1. The molecule has 0 aliphatic heterocycles. The largest absolute Gasteiger partial charge is 0.508 e. The zero-order valence-corrected chi connectivity index (χ0v) is 15.0. The van der Waals surface area contributed by atoms with Gasteiger partial charge in [0, 0.05) is 17.0 Å². The number of carbonyl (C=O) groups is 1. The van der Waals surface area contributed by atoms with E-state index in [4.69, 9.17) is 9.15 Å². The number of phenolic OH excluding ortho intramolecular Hbond substituents is 1. The molecule has 2 heterocycles. The molecule has 0 amide bonds. The van der Waals surface area contributed by atoms with Gasteiger partial charge in [0.25, 0.3) is 0 Å². The number of nitrogens with zero attached hydrogens (tertiary/aromatic N) is 2. The molecule has 0 saturated heterocycles. The van der Waals surface area contributed by atoms with Gasteiger partial charge in [-0.25, -0.2) is 4.98 Å². The number of rotatable bonds is 5. The van der Waals surface area contributed by atoms with Crippen LogP contribution in [-0.4, -0.2) is 32.8 Å². The zero-order chi connectivity index (χ0) is 20.4. The average molecular weight is 389 g/mol. The Morgan fingerprint density at radius 1 is 1.28 bits per heavy atom. The lowest BCUT2D eigenvalue weighted by Gasteiger charge is -2.05. The minimum Gasteiger partial charge on any atom is -0.508 e. The van der Waals surface area contributed by atoms with E-state index in [2.05, 4.69) is 9.97 Å². The molecule has 0 atom stereocenters. The number of aliphatic hydroxyl groups excluding tert-OH is 1. The van der Waals surface area contributed by atoms with Crippen LogP contribution in [0, 0.1) is 11.3 Å². The topological polar surface area (TPSA) is 132 Å². The fraction of sp³-hybridized carbons (Fsp3) is 0.0952. The lowest BCUT2D eigenvalue weighted by Crippen LogP contribution is -2.11. The summed E-state index contributed by atoms with van der Waals surface area (Å²) in [6, 6.07) is 13.7. The van der Waals surface area contributed by atoms with Crippen molar-refractivity contribution in [1.82, 2.24) is 9.97 Å². The van der Waals surface area contributed by atoms with Crippen molar-refractivity contribution in [3.63, 3.8) is 0 Å². The van der Waals surface area contributed by atoms with E-state index < -0.39 is 18.3 Å². The lowest BCUT2D eigenvalue weighted by molar-refractivity contribution is -0.142. The van der Waals surface area contributed by atoms with Gasteiger partial charge in [0.15, 0.2) is 11.6 Å². The Balaban J connectivity index is 1.47. The van der Waals surface area contributed by atoms with Gasteiger partial charge in [-0.15, -0.1) is 0 Å². The summed E-state index contributed by atoms with van der Waals surface area (Å²) in [7, 11) is 0. The van der Waals surface area contributed by atoms with Crippen LogP contribution in [0.25, 0.3) is 27.6 Å². The maximum Gasteiger partial charge on any atom is 0.310 e. The molecule has 8 nitrogen and oxygen atoms in total. The molecule has 0 fully saturated rings. The number of esters is 1. The van der Waals surface area contributed by atoms with E-state index in [0.29, 0.717) is 22.0 Å². The SMILES string of the molecule is N#C/C(=C(/O)COC(=O)Cc1coc2cc(O)ccc12)c1nc2ccccc2[nH]1. The number of aliphatic hydroxyl groups is 1. The first-order valence-corrected chi connectivity index (χ1v) is 8.67. The number of nitrogens with one attached hydrogen (secondary N) is 1. The molecule has 0 aliphatic rings. The number of aromatic nitrogens is 2. The Labute approximate surface area is 164 Å². The first-order valence-electron chi connectivity index (χ1n) is 8.67. The summed E-state index contributed by atoms with van der Waals surface area (Å²) >= 11 is 0. The molecular formula is C21H15N3O5. The van der Waals surface area contributed by atoms with Crippen LogP contribution in [0.1, 0.15) is 11.4 Å². The van der Waals surface area contributed by atoms with Crippen molar-refractivity contribution in [3.05, 3.63) is 65.9 Å². The molecule has 0 aliphatic carbocycles. The van der Waals surface area contributed by atoms with Gasteiger partial charge >= 0.3 is 5.97 Å². The van der Waals surface area contributed by atoms with E-state index in [1.54, 1.807) is 18.2 Å². The molecule has 0 spiro atoms. The molecule has 144 valence electrons. The molecule has 29 heavy (non-hydrogen) atoms. The van der Waals surface area contributed by atoms with Crippen LogP contribution in [0.3, 0.4) is 0 Å². The van der Waals surface area contributed by atoms with Gasteiger partial charge in [-0.1, -0.05) is 12.1 Å². The highest BCUT2D eigenvalue weighted by molar-refractivity contribution is 5.87. The Morgan fingerprint density at radius 2 is 2.10 bits per heavy atom. The number of nitriles is 1. The summed E-state index contributed by atoms with van der Waals surface area (Å²) in [5.74, 6) is -0.746. The second-order valence-electron chi connectivity index (χ2n) is 6.31. The molecule has 8 heteroatoms. The number of aromatic hydroxyl groups is 1. The number of fused-ring (bicyclic) bond motifs is 2. The van der Waals surface area contributed by atoms with Crippen molar-refractivity contribution < 1.29 is 24.2 Å². The average Bonchev–Trinajstić information content (AvgIpc) is 3.30. The summed E-state index contributed by atoms with van der Waals surface area (Å²) < 4.78 is 10.4. The molecule has 3 N–H and O–H groups in total. The molecule has 0 saturated carbocycles. The van der Waals surface area contributed by atoms with Crippen molar-refractivity contribution in [1.29, 1.82) is 5.26 Å².